The Morgan fingerprint density at radius 3 is 2.75 bits per heavy atom. The number of rotatable bonds is 2. The van der Waals surface area contributed by atoms with Crippen molar-refractivity contribution in [3.63, 3.8) is 0 Å². The van der Waals surface area contributed by atoms with Gasteiger partial charge in [-0.25, -0.2) is 4.98 Å². The lowest BCUT2D eigenvalue weighted by Crippen LogP contribution is -1.93. The van der Waals surface area contributed by atoms with E-state index in [0.29, 0.717) is 5.15 Å². The zero-order chi connectivity index (χ0) is 11.0. The van der Waals surface area contributed by atoms with Crippen molar-refractivity contribution in [2.45, 2.75) is 31.6 Å². The fourth-order valence-corrected chi connectivity index (χ4v) is 2.34. The van der Waals surface area contributed by atoms with Gasteiger partial charge in [0.25, 0.3) is 0 Å². The SMILES string of the molecule is Clc1cc(C2CC2)cc(C2=CCCC=C2)n1. The Kier molecular flexibility index (Phi) is 2.56. The third-order valence-electron chi connectivity index (χ3n) is 3.16. The molecule has 1 heterocycles. The maximum absolute atomic E-state index is 6.08. The fraction of sp³-hybridized carbons (Fsp3) is 0.357. The summed E-state index contributed by atoms with van der Waals surface area (Å²) < 4.78 is 0. The van der Waals surface area contributed by atoms with Crippen LogP contribution in [0.3, 0.4) is 0 Å². The second kappa shape index (κ2) is 4.06. The molecule has 0 saturated heterocycles. The molecule has 0 amide bonds. The first-order valence-electron chi connectivity index (χ1n) is 5.87. The largest absolute Gasteiger partial charge is 0.236 e. The molecule has 1 fully saturated rings. The smallest absolute Gasteiger partial charge is 0.130 e. The molecule has 3 rings (SSSR count). The van der Waals surface area contributed by atoms with Crippen LogP contribution in [0.2, 0.25) is 5.15 Å². The Bertz CT molecular complexity index is 470. The molecular weight excluding hydrogens is 218 g/mol. The summed E-state index contributed by atoms with van der Waals surface area (Å²) >= 11 is 6.08. The molecule has 2 aliphatic carbocycles. The molecule has 16 heavy (non-hydrogen) atoms. The lowest BCUT2D eigenvalue weighted by atomic mass is 10.0. The van der Waals surface area contributed by atoms with E-state index in [2.05, 4.69) is 29.3 Å². The zero-order valence-electron chi connectivity index (χ0n) is 9.12. The van der Waals surface area contributed by atoms with E-state index in [4.69, 9.17) is 11.6 Å². The monoisotopic (exact) mass is 231 g/mol. The van der Waals surface area contributed by atoms with Crippen molar-refractivity contribution >= 4 is 17.2 Å². The highest BCUT2D eigenvalue weighted by Gasteiger charge is 2.24. The van der Waals surface area contributed by atoms with Gasteiger partial charge in [-0.3, -0.25) is 0 Å². The maximum atomic E-state index is 6.08. The van der Waals surface area contributed by atoms with Gasteiger partial charge in [-0.15, -0.1) is 0 Å². The molecule has 2 aliphatic rings. The Morgan fingerprint density at radius 2 is 2.06 bits per heavy atom. The van der Waals surface area contributed by atoms with Crippen LogP contribution in [0.5, 0.6) is 0 Å². The Hall–Kier alpha value is -1.08. The van der Waals surface area contributed by atoms with Crippen LogP contribution in [0, 0.1) is 0 Å². The first-order valence-corrected chi connectivity index (χ1v) is 6.25. The predicted octanol–water partition coefficient (Wildman–Crippen LogP) is 4.35. The molecule has 0 aliphatic heterocycles. The van der Waals surface area contributed by atoms with Gasteiger partial charge in [0, 0.05) is 0 Å². The number of nitrogens with zero attached hydrogens (tertiary/aromatic N) is 1. The number of halogens is 1. The van der Waals surface area contributed by atoms with Gasteiger partial charge < -0.3 is 0 Å². The quantitative estimate of drug-likeness (QED) is 0.690. The average Bonchev–Trinajstić information content (AvgIpc) is 3.13. The maximum Gasteiger partial charge on any atom is 0.130 e. The van der Waals surface area contributed by atoms with E-state index in [-0.39, 0.29) is 0 Å². The Labute approximate surface area is 101 Å². The lowest BCUT2D eigenvalue weighted by molar-refractivity contribution is 1.03. The predicted molar refractivity (Wildman–Crippen MR) is 67.6 cm³/mol. The van der Waals surface area contributed by atoms with E-state index in [1.54, 1.807) is 0 Å². The molecule has 0 unspecified atom stereocenters. The molecule has 1 aromatic heterocycles. The first kappa shape index (κ1) is 10.1. The summed E-state index contributed by atoms with van der Waals surface area (Å²) in [6.45, 7) is 0. The number of aromatic nitrogens is 1. The molecule has 0 atom stereocenters. The van der Waals surface area contributed by atoms with Crippen LogP contribution in [-0.4, -0.2) is 4.98 Å². The van der Waals surface area contributed by atoms with Gasteiger partial charge in [-0.2, -0.15) is 0 Å². The molecule has 1 saturated carbocycles. The molecule has 0 spiro atoms. The van der Waals surface area contributed by atoms with Gasteiger partial charge in [0.2, 0.25) is 0 Å². The van der Waals surface area contributed by atoms with Crippen LogP contribution in [0.4, 0.5) is 0 Å². The van der Waals surface area contributed by atoms with Gasteiger partial charge in [-0.05, 0) is 54.9 Å². The minimum absolute atomic E-state index is 0.624. The second-order valence-corrected chi connectivity index (χ2v) is 4.91. The topological polar surface area (TPSA) is 12.9 Å². The standard InChI is InChI=1S/C14H14ClN/c15-14-9-12(10-6-7-10)8-13(16-14)11-4-2-1-3-5-11/h2,4-5,8-10H,1,3,6-7H2. The summed E-state index contributed by atoms with van der Waals surface area (Å²) in [5.41, 5.74) is 3.61. The molecular formula is C14H14ClN. The van der Waals surface area contributed by atoms with E-state index < -0.39 is 0 Å². The molecule has 82 valence electrons. The van der Waals surface area contributed by atoms with E-state index in [1.165, 1.54) is 24.0 Å². The van der Waals surface area contributed by atoms with Crippen LogP contribution >= 0.6 is 11.6 Å². The van der Waals surface area contributed by atoms with Crippen molar-refractivity contribution in [3.05, 3.63) is 46.8 Å². The van der Waals surface area contributed by atoms with Crippen LogP contribution in [0.25, 0.3) is 5.57 Å². The van der Waals surface area contributed by atoms with Gasteiger partial charge in [-0.1, -0.05) is 29.8 Å². The van der Waals surface area contributed by atoms with Crippen LogP contribution in [0.15, 0.2) is 30.4 Å². The van der Waals surface area contributed by atoms with E-state index in [1.807, 2.05) is 6.07 Å². The Balaban J connectivity index is 1.99. The van der Waals surface area contributed by atoms with E-state index in [0.717, 1.165) is 24.5 Å². The molecule has 0 radical (unpaired) electrons. The fourth-order valence-electron chi connectivity index (χ4n) is 2.12. The number of pyridine rings is 1. The minimum Gasteiger partial charge on any atom is -0.236 e. The highest BCUT2D eigenvalue weighted by molar-refractivity contribution is 6.29. The zero-order valence-corrected chi connectivity index (χ0v) is 9.87. The van der Waals surface area contributed by atoms with Crippen molar-refractivity contribution in [3.8, 4) is 0 Å². The van der Waals surface area contributed by atoms with Crippen LogP contribution in [0.1, 0.15) is 42.9 Å². The van der Waals surface area contributed by atoms with Crippen molar-refractivity contribution in [1.29, 1.82) is 0 Å². The van der Waals surface area contributed by atoms with Crippen LogP contribution < -0.4 is 0 Å². The summed E-state index contributed by atoms with van der Waals surface area (Å²) in [4.78, 5) is 4.41. The number of hydrogen-bond acceptors (Lipinski definition) is 1. The van der Waals surface area contributed by atoms with E-state index >= 15 is 0 Å². The Morgan fingerprint density at radius 1 is 1.19 bits per heavy atom. The highest BCUT2D eigenvalue weighted by Crippen LogP contribution is 2.41. The van der Waals surface area contributed by atoms with Crippen molar-refractivity contribution < 1.29 is 0 Å². The third kappa shape index (κ3) is 2.05. The molecule has 1 nitrogen and oxygen atoms in total. The van der Waals surface area contributed by atoms with Gasteiger partial charge >= 0.3 is 0 Å². The molecule has 0 aromatic carbocycles. The van der Waals surface area contributed by atoms with Crippen LogP contribution in [-0.2, 0) is 0 Å². The summed E-state index contributed by atoms with van der Waals surface area (Å²) in [6.07, 6.45) is 11.4. The van der Waals surface area contributed by atoms with Crippen molar-refractivity contribution in [2.24, 2.45) is 0 Å². The van der Waals surface area contributed by atoms with Gasteiger partial charge in [0.1, 0.15) is 5.15 Å². The lowest BCUT2D eigenvalue weighted by Gasteiger charge is -2.08. The molecule has 0 bridgehead atoms. The second-order valence-electron chi connectivity index (χ2n) is 4.52. The van der Waals surface area contributed by atoms with Gasteiger partial charge in [0.05, 0.1) is 5.69 Å². The third-order valence-corrected chi connectivity index (χ3v) is 3.35. The van der Waals surface area contributed by atoms with E-state index in [9.17, 15) is 0 Å². The summed E-state index contributed by atoms with van der Waals surface area (Å²) in [7, 11) is 0. The number of hydrogen-bond donors (Lipinski definition) is 0. The number of allylic oxidation sites excluding steroid dienone is 4. The normalized spacial score (nSPS) is 19.7. The molecule has 0 N–H and O–H groups in total. The summed E-state index contributed by atoms with van der Waals surface area (Å²) in [5.74, 6) is 0.729. The highest BCUT2D eigenvalue weighted by atomic mass is 35.5. The minimum atomic E-state index is 0.624. The van der Waals surface area contributed by atoms with Crippen molar-refractivity contribution in [1.82, 2.24) is 4.98 Å². The average molecular weight is 232 g/mol. The van der Waals surface area contributed by atoms with Gasteiger partial charge in [0.15, 0.2) is 0 Å². The molecule has 2 heteroatoms. The molecule has 1 aromatic rings. The summed E-state index contributed by atoms with van der Waals surface area (Å²) in [6, 6.07) is 4.21. The summed E-state index contributed by atoms with van der Waals surface area (Å²) in [5, 5.41) is 0.624. The van der Waals surface area contributed by atoms with Crippen molar-refractivity contribution in [2.75, 3.05) is 0 Å². The first-order chi connectivity index (χ1) is 7.83.